The van der Waals surface area contributed by atoms with Crippen molar-refractivity contribution in [2.24, 2.45) is 0 Å². The van der Waals surface area contributed by atoms with E-state index >= 15 is 0 Å². The van der Waals surface area contributed by atoms with Crippen LogP contribution >= 0.6 is 0 Å². The molecule has 1 N–H and O–H groups in total. The van der Waals surface area contributed by atoms with E-state index in [9.17, 15) is 0 Å². The molecule has 1 heteroatoms. The van der Waals surface area contributed by atoms with Crippen molar-refractivity contribution in [3.05, 3.63) is 0 Å². The molecule has 1 aliphatic rings. The zero-order chi connectivity index (χ0) is 6.95. The Morgan fingerprint density at radius 1 is 1.11 bits per heavy atom. The highest BCUT2D eigenvalue weighted by molar-refractivity contribution is 4.50. The zero-order valence-electron chi connectivity index (χ0n) is 6.40. The number of hydrogen-bond donors (Lipinski definition) is 1. The van der Waals surface area contributed by atoms with Crippen LogP contribution in [0.15, 0.2) is 0 Å². The first-order valence-electron chi connectivity index (χ1n) is 4.02. The minimum absolute atomic E-state index is 0.344. The quantitative estimate of drug-likeness (QED) is 0.608. The summed E-state index contributed by atoms with van der Waals surface area (Å²) in [7, 11) is 0. The van der Waals surface area contributed by atoms with Crippen molar-refractivity contribution in [1.82, 2.24) is 0 Å². The van der Waals surface area contributed by atoms with E-state index in [4.69, 9.17) is 5.11 Å². The Morgan fingerprint density at radius 2 is 1.56 bits per heavy atom. The van der Waals surface area contributed by atoms with Crippen LogP contribution in [0.25, 0.3) is 0 Å². The van der Waals surface area contributed by atoms with Gasteiger partial charge in [-0.3, -0.25) is 0 Å². The summed E-state index contributed by atoms with van der Waals surface area (Å²) < 4.78 is 0. The van der Waals surface area contributed by atoms with Crippen LogP contribution in [0.3, 0.4) is 0 Å². The van der Waals surface area contributed by atoms with Crippen LogP contribution in [-0.4, -0.2) is 11.7 Å². The summed E-state index contributed by atoms with van der Waals surface area (Å²) in [4.78, 5) is 0. The van der Waals surface area contributed by atoms with E-state index in [0.29, 0.717) is 6.61 Å². The van der Waals surface area contributed by atoms with E-state index in [1.807, 2.05) is 0 Å². The zero-order valence-corrected chi connectivity index (χ0v) is 6.40. The predicted octanol–water partition coefficient (Wildman–Crippen LogP) is 2.34. The summed E-state index contributed by atoms with van der Waals surface area (Å²) in [6.45, 7) is 2.40. The molecule has 0 amide bonds. The molecule has 1 rings (SSSR count). The molecule has 0 aromatic heterocycles. The molecule has 0 heterocycles. The molecule has 1 aliphatic carbocycles. The van der Waals surface area contributed by atoms with Crippen molar-refractivity contribution in [2.45, 2.75) is 45.4 Å². The van der Waals surface area contributed by atoms with Gasteiger partial charge in [0.1, 0.15) is 0 Å². The number of rotatable bonds is 2. The van der Waals surface area contributed by atoms with Crippen LogP contribution in [0.5, 0.6) is 0 Å². The SMILES string of the molecule is C1CCC1.CCCCO. The molecule has 1 saturated carbocycles. The van der Waals surface area contributed by atoms with Crippen LogP contribution in [0.4, 0.5) is 0 Å². The second kappa shape index (κ2) is 7.96. The molecule has 0 radical (unpaired) electrons. The molecule has 0 bridgehead atoms. The van der Waals surface area contributed by atoms with Gasteiger partial charge in [0.2, 0.25) is 0 Å². The van der Waals surface area contributed by atoms with Crippen LogP contribution < -0.4 is 0 Å². The predicted molar refractivity (Wildman–Crippen MR) is 40.5 cm³/mol. The van der Waals surface area contributed by atoms with Crippen molar-refractivity contribution in [3.8, 4) is 0 Å². The molecule has 0 aliphatic heterocycles. The van der Waals surface area contributed by atoms with E-state index in [1.165, 1.54) is 25.7 Å². The topological polar surface area (TPSA) is 20.2 Å². The Kier molecular flexibility index (Phi) is 7.92. The smallest absolute Gasteiger partial charge is 0.0430 e. The van der Waals surface area contributed by atoms with Gasteiger partial charge in [-0.25, -0.2) is 0 Å². The Hall–Kier alpha value is -0.0400. The third-order valence-electron chi connectivity index (χ3n) is 1.51. The molecule has 0 atom stereocenters. The van der Waals surface area contributed by atoms with Gasteiger partial charge in [-0.15, -0.1) is 0 Å². The average molecular weight is 130 g/mol. The van der Waals surface area contributed by atoms with Crippen LogP contribution in [0.1, 0.15) is 45.4 Å². The number of hydrogen-bond acceptors (Lipinski definition) is 1. The summed E-state index contributed by atoms with van der Waals surface area (Å²) in [5.74, 6) is 0. The van der Waals surface area contributed by atoms with E-state index in [1.54, 1.807) is 0 Å². The number of aliphatic hydroxyl groups is 1. The van der Waals surface area contributed by atoms with Gasteiger partial charge in [-0.05, 0) is 6.42 Å². The third kappa shape index (κ3) is 7.96. The van der Waals surface area contributed by atoms with Gasteiger partial charge in [0.25, 0.3) is 0 Å². The maximum atomic E-state index is 8.07. The van der Waals surface area contributed by atoms with Crippen molar-refractivity contribution in [1.29, 1.82) is 0 Å². The largest absolute Gasteiger partial charge is 0.396 e. The van der Waals surface area contributed by atoms with Crippen molar-refractivity contribution in [3.63, 3.8) is 0 Å². The highest BCUT2D eigenvalue weighted by atomic mass is 16.2. The number of unbranched alkanes of at least 4 members (excludes halogenated alkanes) is 1. The molecule has 1 fully saturated rings. The van der Waals surface area contributed by atoms with Gasteiger partial charge in [0.05, 0.1) is 0 Å². The van der Waals surface area contributed by atoms with Gasteiger partial charge in [-0.2, -0.15) is 0 Å². The molecular formula is C8H18O. The van der Waals surface area contributed by atoms with Crippen LogP contribution in [0, 0.1) is 0 Å². The molecule has 56 valence electrons. The molecule has 0 spiro atoms. The fourth-order valence-electron chi connectivity index (χ4n) is 0.408. The lowest BCUT2D eigenvalue weighted by Crippen LogP contribution is -1.85. The lowest BCUT2D eigenvalue weighted by molar-refractivity contribution is 0.287. The molecular weight excluding hydrogens is 112 g/mol. The number of aliphatic hydroxyl groups excluding tert-OH is 1. The van der Waals surface area contributed by atoms with Crippen molar-refractivity contribution in [2.75, 3.05) is 6.61 Å². The second-order valence-corrected chi connectivity index (χ2v) is 2.49. The van der Waals surface area contributed by atoms with E-state index in [-0.39, 0.29) is 0 Å². The molecule has 9 heavy (non-hydrogen) atoms. The Morgan fingerprint density at radius 3 is 1.56 bits per heavy atom. The van der Waals surface area contributed by atoms with Crippen molar-refractivity contribution < 1.29 is 5.11 Å². The minimum Gasteiger partial charge on any atom is -0.396 e. The van der Waals surface area contributed by atoms with E-state index in [2.05, 4.69) is 6.92 Å². The van der Waals surface area contributed by atoms with Gasteiger partial charge >= 0.3 is 0 Å². The normalized spacial score (nSPS) is 15.3. The maximum absolute atomic E-state index is 8.07. The molecule has 1 nitrogen and oxygen atoms in total. The standard InChI is InChI=1S/C4H10O.C4H8/c1-2-3-4-5;1-2-4-3-1/h5H,2-4H2,1H3;1-4H2. The van der Waals surface area contributed by atoms with Crippen LogP contribution in [-0.2, 0) is 0 Å². The van der Waals surface area contributed by atoms with Crippen molar-refractivity contribution >= 4 is 0 Å². The molecule has 0 aromatic rings. The summed E-state index contributed by atoms with van der Waals surface area (Å²) in [5.41, 5.74) is 0. The monoisotopic (exact) mass is 130 g/mol. The summed E-state index contributed by atoms with van der Waals surface area (Å²) in [6.07, 6.45) is 8.04. The fraction of sp³-hybridized carbons (Fsp3) is 1.00. The first-order chi connectivity index (χ1) is 4.41. The lowest BCUT2D eigenvalue weighted by Gasteiger charge is -2.05. The summed E-state index contributed by atoms with van der Waals surface area (Å²) in [6, 6.07) is 0. The highest BCUT2D eigenvalue weighted by Crippen LogP contribution is 2.15. The Labute approximate surface area is 58.1 Å². The first kappa shape index (κ1) is 8.96. The highest BCUT2D eigenvalue weighted by Gasteiger charge is 1.95. The molecule has 0 unspecified atom stereocenters. The summed E-state index contributed by atoms with van der Waals surface area (Å²) in [5, 5.41) is 8.07. The van der Waals surface area contributed by atoms with Gasteiger partial charge < -0.3 is 5.11 Å². The average Bonchev–Trinajstić information content (AvgIpc) is 1.63. The van der Waals surface area contributed by atoms with Crippen LogP contribution in [0.2, 0.25) is 0 Å². The lowest BCUT2D eigenvalue weighted by atomic mass is 10.0. The maximum Gasteiger partial charge on any atom is 0.0430 e. The van der Waals surface area contributed by atoms with Gasteiger partial charge in [0.15, 0.2) is 0 Å². The summed E-state index contributed by atoms with van der Waals surface area (Å²) >= 11 is 0. The molecule has 0 saturated heterocycles. The Bertz CT molecular complexity index is 33.8. The minimum atomic E-state index is 0.344. The second-order valence-electron chi connectivity index (χ2n) is 2.49. The fourth-order valence-corrected chi connectivity index (χ4v) is 0.408. The van der Waals surface area contributed by atoms with Gasteiger partial charge in [-0.1, -0.05) is 39.0 Å². The van der Waals surface area contributed by atoms with E-state index < -0.39 is 0 Å². The first-order valence-corrected chi connectivity index (χ1v) is 4.02. The Balaban J connectivity index is 0.000000144. The third-order valence-corrected chi connectivity index (χ3v) is 1.51. The van der Waals surface area contributed by atoms with E-state index in [0.717, 1.165) is 12.8 Å². The molecule has 0 aromatic carbocycles. The van der Waals surface area contributed by atoms with Gasteiger partial charge in [0, 0.05) is 6.61 Å².